The SMILES string of the molecule is CN1CCC(CC(=O)NCC(=O)O)(NC(=O)OCC2c3ccccc3-c3ccccc32)CC1. The molecule has 2 aromatic rings. The van der Waals surface area contributed by atoms with Crippen LogP contribution in [0.15, 0.2) is 48.5 Å². The number of carbonyl (C=O) groups is 3. The van der Waals surface area contributed by atoms with Gasteiger partial charge in [-0.1, -0.05) is 48.5 Å². The van der Waals surface area contributed by atoms with Gasteiger partial charge < -0.3 is 25.4 Å². The number of nitrogens with zero attached hydrogens (tertiary/aromatic N) is 1. The maximum absolute atomic E-state index is 12.9. The number of rotatable bonds is 7. The van der Waals surface area contributed by atoms with Gasteiger partial charge in [0.1, 0.15) is 13.2 Å². The molecule has 8 nitrogen and oxygen atoms in total. The predicted octanol–water partition coefficient (Wildman–Crippen LogP) is 2.58. The van der Waals surface area contributed by atoms with Crippen LogP contribution < -0.4 is 10.6 Å². The largest absolute Gasteiger partial charge is 0.480 e. The van der Waals surface area contributed by atoms with E-state index in [9.17, 15) is 14.4 Å². The smallest absolute Gasteiger partial charge is 0.407 e. The number of piperidine rings is 1. The van der Waals surface area contributed by atoms with E-state index in [4.69, 9.17) is 9.84 Å². The molecule has 2 aromatic carbocycles. The zero-order valence-corrected chi connectivity index (χ0v) is 18.7. The highest BCUT2D eigenvalue weighted by molar-refractivity contribution is 5.83. The third-order valence-electron chi connectivity index (χ3n) is 6.59. The Labute approximate surface area is 192 Å². The van der Waals surface area contributed by atoms with Crippen LogP contribution >= 0.6 is 0 Å². The number of benzene rings is 2. The molecule has 0 aromatic heterocycles. The standard InChI is InChI=1S/C25H29N3O5/c1-28-12-10-25(11-13-28,14-22(29)26-15-23(30)31)27-24(32)33-16-21-19-8-4-2-6-17(19)18-7-3-5-9-20(18)21/h2-9,21H,10-16H2,1H3,(H,26,29)(H,27,32)(H,30,31). The van der Waals surface area contributed by atoms with Gasteiger partial charge >= 0.3 is 12.1 Å². The van der Waals surface area contributed by atoms with Crippen LogP contribution in [0, 0.1) is 0 Å². The van der Waals surface area contributed by atoms with Gasteiger partial charge in [-0.15, -0.1) is 0 Å². The van der Waals surface area contributed by atoms with Crippen molar-refractivity contribution >= 4 is 18.0 Å². The normalized spacial score (nSPS) is 17.0. The Hall–Kier alpha value is -3.39. The maximum Gasteiger partial charge on any atom is 0.407 e. The number of amides is 2. The van der Waals surface area contributed by atoms with Crippen molar-refractivity contribution in [2.45, 2.75) is 30.7 Å². The van der Waals surface area contributed by atoms with Crippen molar-refractivity contribution in [1.82, 2.24) is 15.5 Å². The minimum atomic E-state index is -1.11. The van der Waals surface area contributed by atoms with Crippen LogP contribution in [0.25, 0.3) is 11.1 Å². The third-order valence-corrected chi connectivity index (χ3v) is 6.59. The zero-order valence-electron chi connectivity index (χ0n) is 18.7. The maximum atomic E-state index is 12.9. The van der Waals surface area contributed by atoms with Crippen LogP contribution in [0.5, 0.6) is 0 Å². The van der Waals surface area contributed by atoms with Crippen LogP contribution in [0.3, 0.4) is 0 Å². The van der Waals surface area contributed by atoms with E-state index in [2.05, 4.69) is 39.8 Å². The van der Waals surface area contributed by atoms with Gasteiger partial charge in [0.05, 0.1) is 5.54 Å². The number of hydrogen-bond donors (Lipinski definition) is 3. The molecule has 1 aliphatic heterocycles. The third kappa shape index (κ3) is 5.17. The van der Waals surface area contributed by atoms with Crippen LogP contribution in [0.1, 0.15) is 36.3 Å². The first-order chi connectivity index (χ1) is 15.9. The molecular formula is C25H29N3O5. The molecule has 8 heteroatoms. The summed E-state index contributed by atoms with van der Waals surface area (Å²) in [6, 6.07) is 16.3. The molecule has 1 heterocycles. The zero-order chi connectivity index (χ0) is 23.4. The first-order valence-corrected chi connectivity index (χ1v) is 11.2. The molecule has 2 amide bonds. The fourth-order valence-corrected chi connectivity index (χ4v) is 4.79. The summed E-state index contributed by atoms with van der Waals surface area (Å²) in [6.07, 6.45) is 0.605. The summed E-state index contributed by atoms with van der Waals surface area (Å²) in [5.41, 5.74) is 3.81. The van der Waals surface area contributed by atoms with Crippen molar-refractivity contribution in [3.05, 3.63) is 59.7 Å². The van der Waals surface area contributed by atoms with E-state index in [1.54, 1.807) is 0 Å². The van der Waals surface area contributed by atoms with Crippen molar-refractivity contribution in [3.8, 4) is 11.1 Å². The Morgan fingerprint density at radius 3 is 2.18 bits per heavy atom. The molecule has 0 unspecified atom stereocenters. The molecule has 3 N–H and O–H groups in total. The van der Waals surface area contributed by atoms with E-state index >= 15 is 0 Å². The summed E-state index contributed by atoms with van der Waals surface area (Å²) < 4.78 is 5.68. The topological polar surface area (TPSA) is 108 Å². The van der Waals surface area contributed by atoms with Crippen LogP contribution in [0.2, 0.25) is 0 Å². The summed E-state index contributed by atoms with van der Waals surface area (Å²) >= 11 is 0. The minimum absolute atomic E-state index is 0.0122. The second kappa shape index (κ2) is 9.62. The summed E-state index contributed by atoms with van der Waals surface area (Å²) in [5.74, 6) is -1.55. The quantitative estimate of drug-likeness (QED) is 0.597. The molecule has 4 rings (SSSR count). The summed E-state index contributed by atoms with van der Waals surface area (Å²) in [6.45, 7) is 1.19. The summed E-state index contributed by atoms with van der Waals surface area (Å²) in [4.78, 5) is 38.1. The Balaban J connectivity index is 1.43. The molecule has 1 fully saturated rings. The lowest BCUT2D eigenvalue weighted by Crippen LogP contribution is -2.57. The first-order valence-electron chi connectivity index (χ1n) is 11.2. The van der Waals surface area contributed by atoms with Crippen LogP contribution in [0.4, 0.5) is 4.79 Å². The van der Waals surface area contributed by atoms with E-state index < -0.39 is 30.1 Å². The van der Waals surface area contributed by atoms with E-state index in [0.717, 1.165) is 35.3 Å². The molecule has 33 heavy (non-hydrogen) atoms. The van der Waals surface area contributed by atoms with Crippen molar-refractivity contribution < 1.29 is 24.2 Å². The van der Waals surface area contributed by atoms with Gasteiger partial charge in [-0.3, -0.25) is 9.59 Å². The number of fused-ring (bicyclic) bond motifs is 3. The van der Waals surface area contributed by atoms with Crippen molar-refractivity contribution in [3.63, 3.8) is 0 Å². The molecule has 0 atom stereocenters. The predicted molar refractivity (Wildman–Crippen MR) is 123 cm³/mol. The lowest BCUT2D eigenvalue weighted by atomic mass is 9.84. The van der Waals surface area contributed by atoms with Crippen molar-refractivity contribution in [1.29, 1.82) is 0 Å². The Kier molecular flexibility index (Phi) is 6.65. The molecule has 2 aliphatic rings. The minimum Gasteiger partial charge on any atom is -0.480 e. The monoisotopic (exact) mass is 451 g/mol. The number of alkyl carbamates (subject to hydrolysis) is 1. The van der Waals surface area contributed by atoms with Crippen LogP contribution in [-0.4, -0.2) is 66.8 Å². The van der Waals surface area contributed by atoms with Crippen molar-refractivity contribution in [2.24, 2.45) is 0 Å². The highest BCUT2D eigenvalue weighted by Crippen LogP contribution is 2.44. The molecule has 0 saturated carbocycles. The number of aliphatic carboxylic acids is 1. The van der Waals surface area contributed by atoms with E-state index in [1.165, 1.54) is 0 Å². The lowest BCUT2D eigenvalue weighted by Gasteiger charge is -2.40. The van der Waals surface area contributed by atoms with Gasteiger partial charge in [-0.25, -0.2) is 4.79 Å². The van der Waals surface area contributed by atoms with Gasteiger partial charge in [0.2, 0.25) is 5.91 Å². The highest BCUT2D eigenvalue weighted by Gasteiger charge is 2.38. The number of likely N-dealkylation sites (tertiary alicyclic amines) is 1. The lowest BCUT2D eigenvalue weighted by molar-refractivity contribution is -0.138. The fraction of sp³-hybridized carbons (Fsp3) is 0.400. The Bertz CT molecular complexity index is 1000. The average molecular weight is 452 g/mol. The van der Waals surface area contributed by atoms with Crippen molar-refractivity contribution in [2.75, 3.05) is 33.3 Å². The average Bonchev–Trinajstić information content (AvgIpc) is 3.12. The second-order valence-electron chi connectivity index (χ2n) is 8.88. The van der Waals surface area contributed by atoms with E-state index in [0.29, 0.717) is 12.8 Å². The Morgan fingerprint density at radius 2 is 1.61 bits per heavy atom. The molecule has 1 saturated heterocycles. The number of carboxylic acid groups (broad SMARTS) is 1. The van der Waals surface area contributed by atoms with Crippen LogP contribution in [-0.2, 0) is 14.3 Å². The molecule has 174 valence electrons. The number of carbonyl (C=O) groups excluding carboxylic acids is 2. The molecule has 0 radical (unpaired) electrons. The van der Waals surface area contributed by atoms with E-state index in [-0.39, 0.29) is 18.9 Å². The van der Waals surface area contributed by atoms with Gasteiger partial charge in [0.15, 0.2) is 0 Å². The Morgan fingerprint density at radius 1 is 1.03 bits per heavy atom. The number of hydrogen-bond acceptors (Lipinski definition) is 5. The number of nitrogens with one attached hydrogen (secondary N) is 2. The fourth-order valence-electron chi connectivity index (χ4n) is 4.79. The molecule has 1 aliphatic carbocycles. The second-order valence-corrected chi connectivity index (χ2v) is 8.88. The molecule has 0 spiro atoms. The first kappa shape index (κ1) is 22.8. The summed E-state index contributed by atoms with van der Waals surface area (Å²) in [5, 5.41) is 14.2. The molecule has 0 bridgehead atoms. The van der Waals surface area contributed by atoms with Gasteiger partial charge in [-0.2, -0.15) is 0 Å². The van der Waals surface area contributed by atoms with Gasteiger partial charge in [-0.05, 0) is 42.1 Å². The highest BCUT2D eigenvalue weighted by atomic mass is 16.5. The van der Waals surface area contributed by atoms with E-state index in [1.807, 2.05) is 31.3 Å². The summed E-state index contributed by atoms with van der Waals surface area (Å²) in [7, 11) is 1.99. The molecular weight excluding hydrogens is 422 g/mol. The number of carboxylic acids is 1. The number of ether oxygens (including phenoxy) is 1. The van der Waals surface area contributed by atoms with Gasteiger partial charge in [0, 0.05) is 25.4 Å². The van der Waals surface area contributed by atoms with Gasteiger partial charge in [0.25, 0.3) is 0 Å².